The summed E-state index contributed by atoms with van der Waals surface area (Å²) in [6.07, 6.45) is 1.43. The number of rotatable bonds is 7. The van der Waals surface area contributed by atoms with Crippen LogP contribution in [-0.2, 0) is 16.6 Å². The number of hydrogen-bond acceptors (Lipinski definition) is 5. The minimum Gasteiger partial charge on any atom is -0.258 e. The molecule has 122 valence electrons. The molecular formula is C14H13ClN2O4S2. The predicted octanol–water partition coefficient (Wildman–Crippen LogP) is 3.69. The average Bonchev–Trinajstić information content (AvgIpc) is 2.92. The third-order valence-electron chi connectivity index (χ3n) is 2.97. The Labute approximate surface area is 142 Å². The van der Waals surface area contributed by atoms with E-state index in [2.05, 4.69) is 6.58 Å². The zero-order chi connectivity index (χ0) is 17.0. The third kappa shape index (κ3) is 3.97. The molecule has 0 unspecified atom stereocenters. The fraction of sp³-hybridized carbons (Fsp3) is 0.143. The number of nitro groups is 1. The van der Waals surface area contributed by atoms with E-state index < -0.39 is 20.6 Å². The molecule has 0 aliphatic carbocycles. The van der Waals surface area contributed by atoms with E-state index in [9.17, 15) is 18.5 Å². The molecule has 0 bridgehead atoms. The molecule has 6 nitrogen and oxygen atoms in total. The highest BCUT2D eigenvalue weighted by atomic mass is 35.5. The van der Waals surface area contributed by atoms with Crippen LogP contribution in [0.1, 0.15) is 4.88 Å². The molecule has 1 aromatic heterocycles. The molecular weight excluding hydrogens is 360 g/mol. The summed E-state index contributed by atoms with van der Waals surface area (Å²) in [5.41, 5.74) is -0.453. The van der Waals surface area contributed by atoms with Crippen molar-refractivity contribution in [3.05, 3.63) is 68.4 Å². The summed E-state index contributed by atoms with van der Waals surface area (Å²) in [5, 5.41) is 11.1. The van der Waals surface area contributed by atoms with Crippen LogP contribution in [-0.4, -0.2) is 24.2 Å². The van der Waals surface area contributed by atoms with Gasteiger partial charge < -0.3 is 0 Å². The molecule has 0 radical (unpaired) electrons. The van der Waals surface area contributed by atoms with Crippen LogP contribution in [0.3, 0.4) is 0 Å². The van der Waals surface area contributed by atoms with Gasteiger partial charge in [-0.2, -0.15) is 4.31 Å². The van der Waals surface area contributed by atoms with E-state index in [0.29, 0.717) is 4.34 Å². The molecule has 23 heavy (non-hydrogen) atoms. The van der Waals surface area contributed by atoms with E-state index in [4.69, 9.17) is 11.6 Å². The van der Waals surface area contributed by atoms with E-state index >= 15 is 0 Å². The van der Waals surface area contributed by atoms with Crippen molar-refractivity contribution in [2.75, 3.05) is 6.54 Å². The molecule has 0 spiro atoms. The number of para-hydroxylation sites is 1. The van der Waals surface area contributed by atoms with E-state index in [-0.39, 0.29) is 18.0 Å². The molecule has 0 aliphatic heterocycles. The second kappa shape index (κ2) is 7.22. The molecule has 0 N–H and O–H groups in total. The lowest BCUT2D eigenvalue weighted by Crippen LogP contribution is -2.31. The molecule has 0 atom stereocenters. The standard InChI is InChI=1S/C14H13ClN2O4S2/c1-2-9-16(10-11-7-8-14(15)22-11)23(20,21)13-6-4-3-5-12(13)17(18)19/h2-8H,1,9-10H2. The number of sulfonamides is 1. The number of benzene rings is 1. The Bertz CT molecular complexity index is 833. The molecule has 1 heterocycles. The van der Waals surface area contributed by atoms with Gasteiger partial charge in [-0.05, 0) is 18.2 Å². The smallest absolute Gasteiger partial charge is 0.258 e. The van der Waals surface area contributed by atoms with Gasteiger partial charge in [0.05, 0.1) is 9.26 Å². The SMILES string of the molecule is C=CCN(Cc1ccc(Cl)s1)S(=O)(=O)c1ccccc1[N+](=O)[O-]. The predicted molar refractivity (Wildman–Crippen MR) is 90.2 cm³/mol. The molecule has 2 aromatic rings. The molecule has 0 amide bonds. The first-order valence-electron chi connectivity index (χ1n) is 6.45. The largest absolute Gasteiger partial charge is 0.289 e. The quantitative estimate of drug-likeness (QED) is 0.421. The normalized spacial score (nSPS) is 11.6. The van der Waals surface area contributed by atoms with E-state index in [1.807, 2.05) is 0 Å². The number of nitro benzene ring substituents is 1. The van der Waals surface area contributed by atoms with Crippen LogP contribution in [0, 0.1) is 10.1 Å². The van der Waals surface area contributed by atoms with Crippen molar-refractivity contribution in [1.29, 1.82) is 0 Å². The van der Waals surface area contributed by atoms with Crippen LogP contribution in [0.2, 0.25) is 4.34 Å². The van der Waals surface area contributed by atoms with Gasteiger partial charge >= 0.3 is 0 Å². The fourth-order valence-electron chi connectivity index (χ4n) is 1.97. The van der Waals surface area contributed by atoms with Gasteiger partial charge in [-0.25, -0.2) is 8.42 Å². The Balaban J connectivity index is 2.45. The minimum absolute atomic E-state index is 0.0316. The topological polar surface area (TPSA) is 80.5 Å². The minimum atomic E-state index is -4.04. The van der Waals surface area contributed by atoms with Crippen LogP contribution in [0.25, 0.3) is 0 Å². The maximum absolute atomic E-state index is 12.8. The van der Waals surface area contributed by atoms with Crippen LogP contribution in [0.5, 0.6) is 0 Å². The second-order valence-corrected chi connectivity index (χ2v) is 8.22. The Hall–Kier alpha value is -1.74. The van der Waals surface area contributed by atoms with E-state index in [1.54, 1.807) is 12.1 Å². The first kappa shape index (κ1) is 17.6. The van der Waals surface area contributed by atoms with Crippen molar-refractivity contribution in [2.24, 2.45) is 0 Å². The Morgan fingerprint density at radius 3 is 2.57 bits per heavy atom. The maximum atomic E-state index is 12.8. The van der Waals surface area contributed by atoms with Crippen molar-refractivity contribution in [3.8, 4) is 0 Å². The summed E-state index contributed by atoms with van der Waals surface area (Å²) in [6, 6.07) is 8.66. The second-order valence-electron chi connectivity index (χ2n) is 4.52. The third-order valence-corrected chi connectivity index (χ3v) is 6.05. The van der Waals surface area contributed by atoms with Gasteiger partial charge in [-0.1, -0.05) is 29.8 Å². The van der Waals surface area contributed by atoms with Crippen molar-refractivity contribution < 1.29 is 13.3 Å². The lowest BCUT2D eigenvalue weighted by Gasteiger charge is -2.20. The molecule has 0 saturated heterocycles. The maximum Gasteiger partial charge on any atom is 0.289 e. The van der Waals surface area contributed by atoms with E-state index in [0.717, 1.165) is 9.18 Å². The summed E-state index contributed by atoms with van der Waals surface area (Å²) in [4.78, 5) is 10.8. The summed E-state index contributed by atoms with van der Waals surface area (Å²) in [5.74, 6) is 0. The molecule has 0 saturated carbocycles. The Morgan fingerprint density at radius 2 is 2.00 bits per heavy atom. The highest BCUT2D eigenvalue weighted by Crippen LogP contribution is 2.29. The van der Waals surface area contributed by atoms with Crippen LogP contribution < -0.4 is 0 Å². The average molecular weight is 373 g/mol. The van der Waals surface area contributed by atoms with Gasteiger partial charge in [-0.15, -0.1) is 17.9 Å². The Kier molecular flexibility index (Phi) is 5.53. The first-order valence-corrected chi connectivity index (χ1v) is 9.08. The van der Waals surface area contributed by atoms with Gasteiger partial charge in [0.1, 0.15) is 0 Å². The highest BCUT2D eigenvalue weighted by Gasteiger charge is 2.31. The van der Waals surface area contributed by atoms with Gasteiger partial charge in [0.15, 0.2) is 4.90 Å². The zero-order valence-corrected chi connectivity index (χ0v) is 14.3. The number of nitrogens with zero attached hydrogens (tertiary/aromatic N) is 2. The Morgan fingerprint density at radius 1 is 1.30 bits per heavy atom. The van der Waals surface area contributed by atoms with Gasteiger partial charge in [0.2, 0.25) is 0 Å². The zero-order valence-electron chi connectivity index (χ0n) is 11.9. The van der Waals surface area contributed by atoms with Crippen molar-refractivity contribution in [1.82, 2.24) is 4.31 Å². The summed E-state index contributed by atoms with van der Waals surface area (Å²) in [6.45, 7) is 3.65. The van der Waals surface area contributed by atoms with Crippen molar-refractivity contribution >= 4 is 38.6 Å². The van der Waals surface area contributed by atoms with Gasteiger partial charge in [0, 0.05) is 24.0 Å². The van der Waals surface area contributed by atoms with Gasteiger partial charge in [-0.3, -0.25) is 10.1 Å². The lowest BCUT2D eigenvalue weighted by molar-refractivity contribution is -0.387. The molecule has 0 aliphatic rings. The van der Waals surface area contributed by atoms with Crippen LogP contribution in [0.4, 0.5) is 5.69 Å². The molecule has 2 rings (SSSR count). The summed E-state index contributed by atoms with van der Waals surface area (Å²) in [7, 11) is -4.04. The number of halogens is 1. The summed E-state index contributed by atoms with van der Waals surface area (Å²) >= 11 is 7.11. The van der Waals surface area contributed by atoms with Gasteiger partial charge in [0.25, 0.3) is 15.7 Å². The number of hydrogen-bond donors (Lipinski definition) is 0. The lowest BCUT2D eigenvalue weighted by atomic mass is 10.3. The number of thiophene rings is 1. The van der Waals surface area contributed by atoms with Crippen LogP contribution >= 0.6 is 22.9 Å². The first-order chi connectivity index (χ1) is 10.9. The molecule has 0 fully saturated rings. The van der Waals surface area contributed by atoms with E-state index in [1.165, 1.54) is 41.7 Å². The van der Waals surface area contributed by atoms with Crippen LogP contribution in [0.15, 0.2) is 53.9 Å². The molecule has 9 heteroatoms. The van der Waals surface area contributed by atoms with Crippen molar-refractivity contribution in [2.45, 2.75) is 11.4 Å². The van der Waals surface area contributed by atoms with Crippen molar-refractivity contribution in [3.63, 3.8) is 0 Å². The monoisotopic (exact) mass is 372 g/mol. The highest BCUT2D eigenvalue weighted by molar-refractivity contribution is 7.89. The fourth-order valence-corrected chi connectivity index (χ4v) is 4.70. The summed E-state index contributed by atoms with van der Waals surface area (Å²) < 4.78 is 27.3. The molecule has 1 aromatic carbocycles.